The van der Waals surface area contributed by atoms with Crippen LogP contribution >= 0.6 is 0 Å². The molecule has 1 aromatic carbocycles. The van der Waals surface area contributed by atoms with Gasteiger partial charge in [0.1, 0.15) is 11.9 Å². The number of halogens is 4. The normalized spacial score (nSPS) is 12.8. The predicted molar refractivity (Wildman–Crippen MR) is 58.0 cm³/mol. The van der Waals surface area contributed by atoms with Gasteiger partial charge in [-0.25, -0.2) is 4.39 Å². The van der Waals surface area contributed by atoms with E-state index in [9.17, 15) is 17.6 Å². The van der Waals surface area contributed by atoms with Crippen molar-refractivity contribution in [2.24, 2.45) is 0 Å². The number of hydrogen-bond acceptors (Lipinski definition) is 2. The first-order chi connectivity index (χ1) is 8.38. The fourth-order valence-electron chi connectivity index (χ4n) is 1.38. The number of nitrogens with one attached hydrogen (secondary N) is 1. The van der Waals surface area contributed by atoms with Crippen molar-refractivity contribution < 1.29 is 17.6 Å². The van der Waals surface area contributed by atoms with Crippen LogP contribution < -0.4 is 5.32 Å². The van der Waals surface area contributed by atoms with E-state index >= 15 is 0 Å². The van der Waals surface area contributed by atoms with Gasteiger partial charge in [0.2, 0.25) is 0 Å². The van der Waals surface area contributed by atoms with Crippen molar-refractivity contribution in [1.29, 1.82) is 5.26 Å². The van der Waals surface area contributed by atoms with E-state index in [1.807, 2.05) is 0 Å². The molecule has 2 nitrogen and oxygen atoms in total. The van der Waals surface area contributed by atoms with Crippen LogP contribution in [0.5, 0.6) is 0 Å². The minimum absolute atomic E-state index is 0.0633. The molecule has 1 unspecified atom stereocenters. The summed E-state index contributed by atoms with van der Waals surface area (Å²) in [5, 5.41) is 11.5. The van der Waals surface area contributed by atoms with Gasteiger partial charge in [0, 0.05) is 6.54 Å². The molecule has 0 radical (unpaired) electrons. The zero-order valence-corrected chi connectivity index (χ0v) is 9.26. The molecule has 0 fully saturated rings. The summed E-state index contributed by atoms with van der Waals surface area (Å²) in [5.74, 6) is -1.03. The van der Waals surface area contributed by atoms with Crippen molar-refractivity contribution in [2.45, 2.75) is 12.2 Å². The lowest BCUT2D eigenvalue weighted by Gasteiger charge is -2.13. The third kappa shape index (κ3) is 3.57. The van der Waals surface area contributed by atoms with Gasteiger partial charge in [0.15, 0.2) is 0 Å². The molecule has 0 aliphatic heterocycles. The van der Waals surface area contributed by atoms with E-state index in [0.29, 0.717) is 6.07 Å². The van der Waals surface area contributed by atoms with Crippen molar-refractivity contribution in [1.82, 2.24) is 5.32 Å². The van der Waals surface area contributed by atoms with Gasteiger partial charge >= 0.3 is 6.18 Å². The van der Waals surface area contributed by atoms with Gasteiger partial charge in [-0.1, -0.05) is 6.08 Å². The Balaban J connectivity index is 3.12. The van der Waals surface area contributed by atoms with E-state index in [0.717, 1.165) is 12.1 Å². The molecule has 6 heteroatoms. The Kier molecular flexibility index (Phi) is 4.45. The molecule has 0 aromatic heterocycles. The van der Waals surface area contributed by atoms with Crippen molar-refractivity contribution in [2.75, 3.05) is 6.54 Å². The minimum Gasteiger partial charge on any atom is -0.295 e. The Labute approximate surface area is 102 Å². The molecule has 0 spiro atoms. The topological polar surface area (TPSA) is 35.8 Å². The molecule has 0 bridgehead atoms. The van der Waals surface area contributed by atoms with E-state index in [2.05, 4.69) is 11.9 Å². The summed E-state index contributed by atoms with van der Waals surface area (Å²) in [6.07, 6.45) is -3.19. The summed E-state index contributed by atoms with van der Waals surface area (Å²) < 4.78 is 50.6. The highest BCUT2D eigenvalue weighted by molar-refractivity contribution is 5.31. The molecule has 1 aromatic rings. The maximum atomic E-state index is 13.1. The Bertz CT molecular complexity index is 474. The molecule has 0 aliphatic rings. The lowest BCUT2D eigenvalue weighted by Crippen LogP contribution is -2.20. The first-order valence-corrected chi connectivity index (χ1v) is 5.00. The summed E-state index contributed by atoms with van der Waals surface area (Å²) in [7, 11) is 0. The highest BCUT2D eigenvalue weighted by Crippen LogP contribution is 2.31. The Hall–Kier alpha value is -1.87. The monoisotopic (exact) mass is 258 g/mol. The number of nitrogens with zero attached hydrogens (tertiary/aromatic N) is 1. The molecule has 1 atom stereocenters. The predicted octanol–water partition coefficient (Wildman–Crippen LogP) is 3.18. The summed E-state index contributed by atoms with van der Waals surface area (Å²) in [5.41, 5.74) is -1.18. The summed E-state index contributed by atoms with van der Waals surface area (Å²) in [6.45, 7) is 3.64. The third-order valence-corrected chi connectivity index (χ3v) is 2.18. The molecule has 0 aliphatic carbocycles. The smallest absolute Gasteiger partial charge is 0.295 e. The van der Waals surface area contributed by atoms with Crippen LogP contribution in [-0.4, -0.2) is 6.54 Å². The largest absolute Gasteiger partial charge is 0.416 e. The van der Waals surface area contributed by atoms with Crippen molar-refractivity contribution >= 4 is 0 Å². The van der Waals surface area contributed by atoms with Crippen LogP contribution in [0.3, 0.4) is 0 Å². The van der Waals surface area contributed by atoms with Crippen molar-refractivity contribution in [3.05, 3.63) is 47.8 Å². The number of rotatable bonds is 4. The summed E-state index contributed by atoms with van der Waals surface area (Å²) >= 11 is 0. The van der Waals surface area contributed by atoms with Gasteiger partial charge in [0.25, 0.3) is 0 Å². The molecule has 1 N–H and O–H groups in total. The molecular weight excluding hydrogens is 248 g/mol. The third-order valence-electron chi connectivity index (χ3n) is 2.18. The quantitative estimate of drug-likeness (QED) is 0.665. The standard InChI is InChI=1S/C12H10F4N2/c1-2-3-18-11(7-17)8-4-9(12(14,15)16)6-10(13)5-8/h2,4-6,11,18H,1,3H2. The lowest BCUT2D eigenvalue weighted by molar-refractivity contribution is -0.137. The number of benzene rings is 1. The zero-order valence-electron chi connectivity index (χ0n) is 9.26. The van der Waals surface area contributed by atoms with E-state index in [1.54, 1.807) is 6.07 Å². The molecule has 0 amide bonds. The second-order valence-electron chi connectivity index (χ2n) is 3.53. The van der Waals surface area contributed by atoms with Crippen LogP contribution in [0.25, 0.3) is 0 Å². The fourth-order valence-corrected chi connectivity index (χ4v) is 1.38. The van der Waals surface area contributed by atoms with E-state index in [4.69, 9.17) is 5.26 Å². The molecular formula is C12H10F4N2. The highest BCUT2D eigenvalue weighted by Gasteiger charge is 2.32. The molecule has 96 valence electrons. The summed E-state index contributed by atoms with van der Waals surface area (Å²) in [4.78, 5) is 0. The molecule has 0 heterocycles. The number of hydrogen-bond donors (Lipinski definition) is 1. The van der Waals surface area contributed by atoms with E-state index < -0.39 is 23.6 Å². The molecule has 18 heavy (non-hydrogen) atoms. The zero-order chi connectivity index (χ0) is 13.8. The Morgan fingerprint density at radius 2 is 2.06 bits per heavy atom. The fraction of sp³-hybridized carbons (Fsp3) is 0.250. The van der Waals surface area contributed by atoms with Crippen LogP contribution in [-0.2, 0) is 6.18 Å². The average Bonchev–Trinajstić information content (AvgIpc) is 2.28. The van der Waals surface area contributed by atoms with Crippen LogP contribution in [0.15, 0.2) is 30.9 Å². The highest BCUT2D eigenvalue weighted by atomic mass is 19.4. The average molecular weight is 258 g/mol. The van der Waals surface area contributed by atoms with Gasteiger partial charge in [-0.2, -0.15) is 18.4 Å². The van der Waals surface area contributed by atoms with Crippen LogP contribution in [0, 0.1) is 17.1 Å². The van der Waals surface area contributed by atoms with Gasteiger partial charge < -0.3 is 0 Å². The van der Waals surface area contributed by atoms with E-state index in [1.165, 1.54) is 6.08 Å². The van der Waals surface area contributed by atoms with E-state index in [-0.39, 0.29) is 12.1 Å². The van der Waals surface area contributed by atoms with Gasteiger partial charge in [0.05, 0.1) is 11.6 Å². The first-order valence-electron chi connectivity index (χ1n) is 5.00. The maximum absolute atomic E-state index is 13.1. The second kappa shape index (κ2) is 5.65. The Morgan fingerprint density at radius 3 is 2.56 bits per heavy atom. The van der Waals surface area contributed by atoms with Crippen molar-refractivity contribution in [3.63, 3.8) is 0 Å². The number of alkyl halides is 3. The van der Waals surface area contributed by atoms with Crippen LogP contribution in [0.1, 0.15) is 17.2 Å². The molecule has 1 rings (SSSR count). The molecule has 0 saturated heterocycles. The SMILES string of the molecule is C=CCNC(C#N)c1cc(F)cc(C(F)(F)F)c1. The summed E-state index contributed by atoms with van der Waals surface area (Å²) in [6, 6.07) is 2.81. The lowest BCUT2D eigenvalue weighted by atomic mass is 10.0. The minimum atomic E-state index is -4.64. The van der Waals surface area contributed by atoms with Gasteiger partial charge in [-0.3, -0.25) is 5.32 Å². The van der Waals surface area contributed by atoms with Gasteiger partial charge in [-0.05, 0) is 23.8 Å². The van der Waals surface area contributed by atoms with Gasteiger partial charge in [-0.15, -0.1) is 6.58 Å². The molecule has 0 saturated carbocycles. The first kappa shape index (κ1) is 14.2. The van der Waals surface area contributed by atoms with Crippen molar-refractivity contribution in [3.8, 4) is 6.07 Å². The number of nitriles is 1. The second-order valence-corrected chi connectivity index (χ2v) is 3.53. The van der Waals surface area contributed by atoms with Crippen LogP contribution in [0.2, 0.25) is 0 Å². The maximum Gasteiger partial charge on any atom is 0.416 e. The van der Waals surface area contributed by atoms with Crippen LogP contribution in [0.4, 0.5) is 17.6 Å². The Morgan fingerprint density at radius 1 is 1.39 bits per heavy atom.